The number of carbonyl (C=O) groups excluding carboxylic acids is 1. The van der Waals surface area contributed by atoms with Gasteiger partial charge in [-0.3, -0.25) is 4.79 Å². The third-order valence-electron chi connectivity index (χ3n) is 2.91. The first-order valence-corrected chi connectivity index (χ1v) is 6.69. The van der Waals surface area contributed by atoms with Crippen LogP contribution in [0.4, 0.5) is 8.78 Å². The number of ether oxygens (including phenoxy) is 2. The highest BCUT2D eigenvalue weighted by molar-refractivity contribution is 9.10. The Hall–Kier alpha value is -1.95. The van der Waals surface area contributed by atoms with Crippen LogP contribution in [0.25, 0.3) is 0 Å². The Bertz CT molecular complexity index is 702. The van der Waals surface area contributed by atoms with E-state index >= 15 is 0 Å². The van der Waals surface area contributed by atoms with Gasteiger partial charge >= 0.3 is 0 Å². The van der Waals surface area contributed by atoms with E-state index in [1.54, 1.807) is 0 Å². The molecule has 6 heteroatoms. The summed E-state index contributed by atoms with van der Waals surface area (Å²) < 4.78 is 37.8. The van der Waals surface area contributed by atoms with Crippen molar-refractivity contribution in [2.75, 3.05) is 14.2 Å². The second-order valence-corrected chi connectivity index (χ2v) is 4.97. The van der Waals surface area contributed by atoms with Crippen LogP contribution < -0.4 is 9.47 Å². The van der Waals surface area contributed by atoms with Crippen LogP contribution in [0.5, 0.6) is 11.5 Å². The van der Waals surface area contributed by atoms with Crippen molar-refractivity contribution in [1.29, 1.82) is 0 Å². The zero-order chi connectivity index (χ0) is 15.6. The summed E-state index contributed by atoms with van der Waals surface area (Å²) in [5, 5.41) is 0. The summed E-state index contributed by atoms with van der Waals surface area (Å²) >= 11 is 3.26. The maximum atomic E-state index is 13.8. The Morgan fingerprint density at radius 1 is 1.05 bits per heavy atom. The maximum Gasteiger partial charge on any atom is 0.199 e. The van der Waals surface area contributed by atoms with Gasteiger partial charge in [0.1, 0.15) is 11.5 Å². The Balaban J connectivity index is 2.60. The summed E-state index contributed by atoms with van der Waals surface area (Å²) in [5.41, 5.74) is -0.278. The van der Waals surface area contributed by atoms with Crippen molar-refractivity contribution in [3.8, 4) is 11.5 Å². The van der Waals surface area contributed by atoms with Gasteiger partial charge in [-0.25, -0.2) is 8.78 Å². The zero-order valence-electron chi connectivity index (χ0n) is 11.2. The molecule has 2 aromatic carbocycles. The minimum atomic E-state index is -1.19. The van der Waals surface area contributed by atoms with Gasteiger partial charge in [0.25, 0.3) is 0 Å². The van der Waals surface area contributed by atoms with Crippen LogP contribution >= 0.6 is 15.9 Å². The number of benzene rings is 2. The molecular formula is C15H11BrF2O3. The zero-order valence-corrected chi connectivity index (χ0v) is 12.8. The van der Waals surface area contributed by atoms with Gasteiger partial charge in [0.05, 0.1) is 29.8 Å². The topological polar surface area (TPSA) is 35.5 Å². The highest BCUT2D eigenvalue weighted by atomic mass is 79.9. The average molecular weight is 357 g/mol. The predicted molar refractivity (Wildman–Crippen MR) is 77.0 cm³/mol. The molecule has 0 heterocycles. The van der Waals surface area contributed by atoms with Gasteiger partial charge in [-0.05, 0) is 40.2 Å². The molecule has 0 aliphatic rings. The summed E-state index contributed by atoms with van der Waals surface area (Å²) in [6, 6.07) is 6.38. The lowest BCUT2D eigenvalue weighted by atomic mass is 10.0. The van der Waals surface area contributed by atoms with Gasteiger partial charge in [-0.1, -0.05) is 6.07 Å². The fourth-order valence-corrected chi connectivity index (χ4v) is 2.35. The van der Waals surface area contributed by atoms with Gasteiger partial charge in [0.15, 0.2) is 17.4 Å². The lowest BCUT2D eigenvalue weighted by Gasteiger charge is -2.12. The number of ketones is 1. The van der Waals surface area contributed by atoms with E-state index in [1.807, 2.05) is 0 Å². The number of carbonyl (C=O) groups is 1. The molecule has 0 atom stereocenters. The molecule has 0 N–H and O–H groups in total. The van der Waals surface area contributed by atoms with E-state index in [0.717, 1.165) is 6.07 Å². The van der Waals surface area contributed by atoms with E-state index < -0.39 is 17.4 Å². The molecule has 2 rings (SSSR count). The minimum Gasteiger partial charge on any atom is -0.496 e. The average Bonchev–Trinajstić information content (AvgIpc) is 2.49. The molecule has 0 fully saturated rings. The Kier molecular flexibility index (Phi) is 4.57. The van der Waals surface area contributed by atoms with Crippen molar-refractivity contribution in [2.45, 2.75) is 0 Å². The molecular weight excluding hydrogens is 346 g/mol. The normalized spacial score (nSPS) is 10.3. The summed E-state index contributed by atoms with van der Waals surface area (Å²) in [6.07, 6.45) is 0. The molecule has 0 unspecified atom stereocenters. The van der Waals surface area contributed by atoms with E-state index in [-0.39, 0.29) is 16.9 Å². The molecule has 0 saturated heterocycles. The van der Waals surface area contributed by atoms with Crippen LogP contribution in [0.15, 0.2) is 34.8 Å². The molecule has 21 heavy (non-hydrogen) atoms. The first-order valence-electron chi connectivity index (χ1n) is 5.89. The molecule has 0 radical (unpaired) electrons. The van der Waals surface area contributed by atoms with Crippen LogP contribution in [0.2, 0.25) is 0 Å². The fraction of sp³-hybridized carbons (Fsp3) is 0.133. The Morgan fingerprint density at radius 2 is 1.71 bits per heavy atom. The molecule has 3 nitrogen and oxygen atoms in total. The first-order chi connectivity index (χ1) is 9.99. The molecule has 2 aromatic rings. The van der Waals surface area contributed by atoms with E-state index in [9.17, 15) is 13.6 Å². The van der Waals surface area contributed by atoms with Crippen molar-refractivity contribution >= 4 is 21.7 Å². The third kappa shape index (κ3) is 2.90. The SMILES string of the molecule is COc1cc(C(=O)c2cccc(F)c2F)c(OC)cc1Br. The minimum absolute atomic E-state index is 0.0852. The molecule has 0 spiro atoms. The van der Waals surface area contributed by atoms with Crippen LogP contribution in [0.3, 0.4) is 0 Å². The van der Waals surface area contributed by atoms with E-state index in [0.29, 0.717) is 10.2 Å². The number of methoxy groups -OCH3 is 2. The second kappa shape index (κ2) is 6.22. The van der Waals surface area contributed by atoms with Gasteiger partial charge in [0.2, 0.25) is 0 Å². The smallest absolute Gasteiger partial charge is 0.199 e. The number of halogens is 3. The quantitative estimate of drug-likeness (QED) is 0.777. The van der Waals surface area contributed by atoms with Crippen molar-refractivity contribution < 1.29 is 23.0 Å². The van der Waals surface area contributed by atoms with Gasteiger partial charge in [0, 0.05) is 0 Å². The van der Waals surface area contributed by atoms with Crippen molar-refractivity contribution in [3.63, 3.8) is 0 Å². The molecule has 0 amide bonds. The highest BCUT2D eigenvalue weighted by Gasteiger charge is 2.22. The molecule has 0 saturated carbocycles. The second-order valence-electron chi connectivity index (χ2n) is 4.12. The van der Waals surface area contributed by atoms with E-state index in [4.69, 9.17) is 9.47 Å². The molecule has 0 bridgehead atoms. The maximum absolute atomic E-state index is 13.8. The largest absolute Gasteiger partial charge is 0.496 e. The molecule has 110 valence electrons. The lowest BCUT2D eigenvalue weighted by Crippen LogP contribution is -2.08. The van der Waals surface area contributed by atoms with Gasteiger partial charge in [-0.15, -0.1) is 0 Å². The predicted octanol–water partition coefficient (Wildman–Crippen LogP) is 3.98. The van der Waals surface area contributed by atoms with E-state index in [2.05, 4.69) is 15.9 Å². The van der Waals surface area contributed by atoms with Crippen LogP contribution in [-0.4, -0.2) is 20.0 Å². The summed E-state index contributed by atoms with van der Waals surface area (Å²) in [5.74, 6) is -2.34. The first kappa shape index (κ1) is 15.4. The fourth-order valence-electron chi connectivity index (χ4n) is 1.86. The van der Waals surface area contributed by atoms with Crippen LogP contribution in [0, 0.1) is 11.6 Å². The van der Waals surface area contributed by atoms with Gasteiger partial charge < -0.3 is 9.47 Å². The molecule has 0 aliphatic carbocycles. The monoisotopic (exact) mass is 356 g/mol. The number of rotatable bonds is 4. The number of hydrogen-bond donors (Lipinski definition) is 0. The summed E-state index contributed by atoms with van der Waals surface area (Å²) in [6.45, 7) is 0. The highest BCUT2D eigenvalue weighted by Crippen LogP contribution is 2.34. The standard InChI is InChI=1S/C15H11BrF2O3/c1-20-12-7-10(16)13(21-2)6-9(12)15(19)8-4-3-5-11(17)14(8)18/h3-7H,1-2H3. The Labute approximate surface area is 128 Å². The van der Waals surface area contributed by atoms with Crippen molar-refractivity contribution in [3.05, 3.63) is 57.6 Å². The van der Waals surface area contributed by atoms with Crippen molar-refractivity contribution in [1.82, 2.24) is 0 Å². The lowest BCUT2D eigenvalue weighted by molar-refractivity contribution is 0.103. The van der Waals surface area contributed by atoms with Gasteiger partial charge in [-0.2, -0.15) is 0 Å². The summed E-state index contributed by atoms with van der Waals surface area (Å²) in [7, 11) is 2.82. The molecule has 0 aromatic heterocycles. The van der Waals surface area contributed by atoms with Crippen LogP contribution in [-0.2, 0) is 0 Å². The molecule has 0 aliphatic heterocycles. The summed E-state index contributed by atoms with van der Waals surface area (Å²) in [4.78, 5) is 12.4. The van der Waals surface area contributed by atoms with E-state index in [1.165, 1.54) is 38.5 Å². The Morgan fingerprint density at radius 3 is 2.33 bits per heavy atom. The third-order valence-corrected chi connectivity index (χ3v) is 3.53. The van der Waals surface area contributed by atoms with Crippen molar-refractivity contribution in [2.24, 2.45) is 0 Å². The van der Waals surface area contributed by atoms with Crippen LogP contribution in [0.1, 0.15) is 15.9 Å². The number of hydrogen-bond acceptors (Lipinski definition) is 3.